The van der Waals surface area contributed by atoms with E-state index >= 15 is 0 Å². The maximum atomic E-state index is 11.2. The van der Waals surface area contributed by atoms with Crippen molar-refractivity contribution in [1.82, 2.24) is 0 Å². The van der Waals surface area contributed by atoms with Crippen molar-refractivity contribution in [2.75, 3.05) is 7.11 Å². The van der Waals surface area contributed by atoms with Crippen molar-refractivity contribution < 1.29 is 9.63 Å². The average molecular weight is 185 g/mol. The van der Waals surface area contributed by atoms with E-state index in [0.29, 0.717) is 11.6 Å². The Bertz CT molecular complexity index is 199. The molecule has 0 radical (unpaired) electrons. The van der Waals surface area contributed by atoms with Gasteiger partial charge in [0.1, 0.15) is 12.8 Å². The predicted molar refractivity (Wildman–Crippen MR) is 53.7 cm³/mol. The van der Waals surface area contributed by atoms with Crippen molar-refractivity contribution >= 4 is 11.5 Å². The Morgan fingerprint density at radius 1 is 1.46 bits per heavy atom. The van der Waals surface area contributed by atoms with E-state index < -0.39 is 0 Å². The molecule has 0 aliphatic rings. The Labute approximate surface area is 80.1 Å². The summed E-state index contributed by atoms with van der Waals surface area (Å²) in [6, 6.07) is 0. The molecule has 76 valence electrons. The van der Waals surface area contributed by atoms with Crippen LogP contribution in [0.4, 0.5) is 0 Å². The van der Waals surface area contributed by atoms with Gasteiger partial charge in [0, 0.05) is 12.8 Å². The molecule has 0 bridgehead atoms. The maximum Gasteiger partial charge on any atom is 0.177 e. The Kier molecular flexibility index (Phi) is 5.35. The minimum atomic E-state index is -0.00495. The van der Waals surface area contributed by atoms with E-state index in [1.165, 1.54) is 14.0 Å². The first-order valence-corrected chi connectivity index (χ1v) is 4.66. The molecule has 3 nitrogen and oxygen atoms in total. The Hall–Kier alpha value is -0.860. The molecule has 13 heavy (non-hydrogen) atoms. The standard InChI is InChI=1S/C10H19NO2/c1-6-7(2)8(3)10(9(4)12)11-13-5/h7-8H,6H2,1-5H3/t7-,8-/m1/s1. The molecule has 2 atom stereocenters. The molecule has 0 aliphatic carbocycles. The topological polar surface area (TPSA) is 38.7 Å². The zero-order valence-corrected chi connectivity index (χ0v) is 9.13. The fourth-order valence-corrected chi connectivity index (χ4v) is 1.19. The van der Waals surface area contributed by atoms with E-state index in [1.54, 1.807) is 0 Å². The smallest absolute Gasteiger partial charge is 0.177 e. The van der Waals surface area contributed by atoms with E-state index in [-0.39, 0.29) is 11.7 Å². The number of hydrogen-bond donors (Lipinski definition) is 0. The van der Waals surface area contributed by atoms with Crippen LogP contribution in [0, 0.1) is 11.8 Å². The highest BCUT2D eigenvalue weighted by Gasteiger charge is 2.20. The summed E-state index contributed by atoms with van der Waals surface area (Å²) in [4.78, 5) is 15.8. The van der Waals surface area contributed by atoms with Crippen LogP contribution in [0.2, 0.25) is 0 Å². The molecule has 0 saturated carbocycles. The summed E-state index contributed by atoms with van der Waals surface area (Å²) < 4.78 is 0. The van der Waals surface area contributed by atoms with Crippen LogP contribution in [0.1, 0.15) is 34.1 Å². The molecule has 0 unspecified atom stereocenters. The predicted octanol–water partition coefficient (Wildman–Crippen LogP) is 2.26. The average Bonchev–Trinajstić information content (AvgIpc) is 2.11. The molecule has 0 aromatic heterocycles. The fourth-order valence-electron chi connectivity index (χ4n) is 1.19. The SMILES string of the molecule is CC[C@@H](C)[C@@H](C)C(=NOC)C(C)=O. The summed E-state index contributed by atoms with van der Waals surface area (Å²) in [5.74, 6) is 0.620. The molecule has 0 heterocycles. The van der Waals surface area contributed by atoms with E-state index in [9.17, 15) is 4.79 Å². The van der Waals surface area contributed by atoms with Gasteiger partial charge in [-0.2, -0.15) is 0 Å². The van der Waals surface area contributed by atoms with E-state index in [1.807, 2.05) is 6.92 Å². The Morgan fingerprint density at radius 2 is 2.00 bits per heavy atom. The van der Waals surface area contributed by atoms with Gasteiger partial charge in [-0.1, -0.05) is 32.3 Å². The van der Waals surface area contributed by atoms with Crippen LogP contribution in [-0.4, -0.2) is 18.6 Å². The second kappa shape index (κ2) is 5.73. The zero-order valence-electron chi connectivity index (χ0n) is 9.13. The number of nitrogens with zero attached hydrogens (tertiary/aromatic N) is 1. The molecule has 0 fully saturated rings. The van der Waals surface area contributed by atoms with Gasteiger partial charge in [0.15, 0.2) is 5.78 Å². The summed E-state index contributed by atoms with van der Waals surface area (Å²) in [6.45, 7) is 7.74. The van der Waals surface area contributed by atoms with Gasteiger partial charge in [0.05, 0.1) is 0 Å². The molecule has 3 heteroatoms. The van der Waals surface area contributed by atoms with Gasteiger partial charge in [-0.3, -0.25) is 4.79 Å². The summed E-state index contributed by atoms with van der Waals surface area (Å²) in [6.07, 6.45) is 1.04. The number of carbonyl (C=O) groups is 1. The summed E-state index contributed by atoms with van der Waals surface area (Å²) in [5.41, 5.74) is 0.539. The number of ketones is 1. The Morgan fingerprint density at radius 3 is 2.31 bits per heavy atom. The van der Waals surface area contributed by atoms with E-state index in [2.05, 4.69) is 23.8 Å². The highest BCUT2D eigenvalue weighted by atomic mass is 16.6. The van der Waals surface area contributed by atoms with Gasteiger partial charge >= 0.3 is 0 Å². The monoisotopic (exact) mass is 185 g/mol. The number of hydrogen-bond acceptors (Lipinski definition) is 3. The van der Waals surface area contributed by atoms with Crippen molar-refractivity contribution in [2.24, 2.45) is 17.0 Å². The lowest BCUT2D eigenvalue weighted by Gasteiger charge is -2.17. The Balaban J connectivity index is 4.56. The highest BCUT2D eigenvalue weighted by Crippen LogP contribution is 2.16. The van der Waals surface area contributed by atoms with Crippen LogP contribution in [0.5, 0.6) is 0 Å². The molecular weight excluding hydrogens is 166 g/mol. The van der Waals surface area contributed by atoms with Crippen molar-refractivity contribution in [2.45, 2.75) is 34.1 Å². The molecular formula is C10H19NO2. The van der Waals surface area contributed by atoms with Crippen LogP contribution < -0.4 is 0 Å². The lowest BCUT2D eigenvalue weighted by molar-refractivity contribution is -0.111. The number of Topliss-reactive ketones (excluding diaryl/α,β-unsaturated/α-hetero) is 1. The first kappa shape index (κ1) is 12.1. The third-order valence-electron chi connectivity index (χ3n) is 2.48. The van der Waals surface area contributed by atoms with E-state index in [4.69, 9.17) is 0 Å². The molecule has 0 aromatic rings. The second-order valence-corrected chi connectivity index (χ2v) is 3.39. The second-order valence-electron chi connectivity index (χ2n) is 3.39. The minimum absolute atomic E-state index is 0.00495. The van der Waals surface area contributed by atoms with Crippen molar-refractivity contribution in [3.63, 3.8) is 0 Å². The van der Waals surface area contributed by atoms with Gasteiger partial charge in [-0.15, -0.1) is 0 Å². The van der Waals surface area contributed by atoms with Crippen LogP contribution in [0.3, 0.4) is 0 Å². The van der Waals surface area contributed by atoms with Crippen LogP contribution in [0.15, 0.2) is 5.16 Å². The first-order valence-electron chi connectivity index (χ1n) is 4.66. The van der Waals surface area contributed by atoms with Crippen molar-refractivity contribution in [1.29, 1.82) is 0 Å². The molecule has 0 rings (SSSR count). The lowest BCUT2D eigenvalue weighted by atomic mass is 9.88. The maximum absolute atomic E-state index is 11.2. The molecule has 0 saturated heterocycles. The fraction of sp³-hybridized carbons (Fsp3) is 0.800. The third-order valence-corrected chi connectivity index (χ3v) is 2.48. The summed E-state index contributed by atoms with van der Waals surface area (Å²) in [7, 11) is 1.46. The summed E-state index contributed by atoms with van der Waals surface area (Å²) >= 11 is 0. The highest BCUT2D eigenvalue weighted by molar-refractivity contribution is 6.39. The number of rotatable bonds is 5. The van der Waals surface area contributed by atoms with Gasteiger partial charge in [0.2, 0.25) is 0 Å². The number of carbonyl (C=O) groups excluding carboxylic acids is 1. The van der Waals surface area contributed by atoms with Gasteiger partial charge in [-0.25, -0.2) is 0 Å². The van der Waals surface area contributed by atoms with Crippen LogP contribution >= 0.6 is 0 Å². The molecule has 0 N–H and O–H groups in total. The lowest BCUT2D eigenvalue weighted by Crippen LogP contribution is -2.25. The van der Waals surface area contributed by atoms with Crippen LogP contribution in [0.25, 0.3) is 0 Å². The molecule has 0 aliphatic heterocycles. The van der Waals surface area contributed by atoms with Crippen LogP contribution in [-0.2, 0) is 9.63 Å². The quantitative estimate of drug-likeness (QED) is 0.487. The molecule has 0 spiro atoms. The third kappa shape index (κ3) is 3.57. The van der Waals surface area contributed by atoms with Gasteiger partial charge in [-0.05, 0) is 5.92 Å². The minimum Gasteiger partial charge on any atom is -0.399 e. The van der Waals surface area contributed by atoms with Gasteiger partial charge < -0.3 is 4.84 Å². The first-order chi connectivity index (χ1) is 6.04. The van der Waals surface area contributed by atoms with Crippen molar-refractivity contribution in [3.05, 3.63) is 0 Å². The largest absolute Gasteiger partial charge is 0.399 e. The zero-order chi connectivity index (χ0) is 10.4. The molecule has 0 amide bonds. The van der Waals surface area contributed by atoms with Crippen molar-refractivity contribution in [3.8, 4) is 0 Å². The van der Waals surface area contributed by atoms with E-state index in [0.717, 1.165) is 6.42 Å². The summed E-state index contributed by atoms with van der Waals surface area (Å²) in [5, 5.41) is 3.76. The molecule has 0 aromatic carbocycles. The number of oxime groups is 1. The van der Waals surface area contributed by atoms with Gasteiger partial charge in [0.25, 0.3) is 0 Å². The normalized spacial score (nSPS) is 16.5.